The molecule has 0 aliphatic carbocycles. The summed E-state index contributed by atoms with van der Waals surface area (Å²) in [6, 6.07) is 7.74. The molecule has 10 heteroatoms. The monoisotopic (exact) mass is 619 g/mol. The highest BCUT2D eigenvalue weighted by Crippen LogP contribution is 2.41. The van der Waals surface area contributed by atoms with Crippen LogP contribution in [0.3, 0.4) is 0 Å². The molecule has 4 aliphatic heterocycles. The Balaban J connectivity index is 1.27. The standard InChI is InChI=1S/C35H46FN5O4/c1-4-26-28(36)9-8-24-18-25(45-23-43-3)19-30(31(24)26)39-17-10-27-29(20-39)37-33(38-32(27)40-14-5-11-34(2,42)21-40)44-22-35-12-6-15-41(35)16-7-13-35/h8-9,18-19,42H,4-7,10-17,20-23H2,1-3H3/t34-/m1/s1. The number of ether oxygens (including phenoxy) is 3. The first-order valence-electron chi connectivity index (χ1n) is 16.7. The zero-order valence-corrected chi connectivity index (χ0v) is 26.9. The number of benzene rings is 2. The van der Waals surface area contributed by atoms with Crippen molar-refractivity contribution < 1.29 is 23.7 Å². The zero-order valence-electron chi connectivity index (χ0n) is 26.9. The molecule has 2 aromatic carbocycles. The number of β-amino-alcohol motifs (C(OH)–C–C–N with tert-alkyl or cyclic N) is 1. The van der Waals surface area contributed by atoms with Gasteiger partial charge < -0.3 is 29.1 Å². The molecule has 3 fully saturated rings. The van der Waals surface area contributed by atoms with Crippen LogP contribution in [0.2, 0.25) is 0 Å². The molecule has 45 heavy (non-hydrogen) atoms. The minimum absolute atomic E-state index is 0.0858. The molecule has 0 bridgehead atoms. The summed E-state index contributed by atoms with van der Waals surface area (Å²) in [5, 5.41) is 12.8. The number of hydrogen-bond donors (Lipinski definition) is 1. The summed E-state index contributed by atoms with van der Waals surface area (Å²) in [6.45, 7) is 9.52. The first-order valence-corrected chi connectivity index (χ1v) is 16.7. The van der Waals surface area contributed by atoms with Gasteiger partial charge in [-0.1, -0.05) is 13.0 Å². The van der Waals surface area contributed by atoms with Crippen LogP contribution in [0.4, 0.5) is 15.9 Å². The molecule has 242 valence electrons. The highest BCUT2D eigenvalue weighted by molar-refractivity contribution is 5.98. The molecule has 0 radical (unpaired) electrons. The number of piperidine rings is 1. The lowest BCUT2D eigenvalue weighted by Gasteiger charge is -2.40. The second kappa shape index (κ2) is 12.2. The molecule has 1 aromatic heterocycles. The summed E-state index contributed by atoms with van der Waals surface area (Å²) < 4.78 is 32.8. The molecule has 3 saturated heterocycles. The van der Waals surface area contributed by atoms with Crippen LogP contribution in [-0.2, 0) is 24.1 Å². The van der Waals surface area contributed by atoms with Gasteiger partial charge in [0.25, 0.3) is 0 Å². The van der Waals surface area contributed by atoms with Crippen LogP contribution in [0, 0.1) is 5.82 Å². The largest absolute Gasteiger partial charge is 0.467 e. The second-order valence-corrected chi connectivity index (χ2v) is 13.6. The smallest absolute Gasteiger partial charge is 0.318 e. The van der Waals surface area contributed by atoms with Crippen molar-refractivity contribution in [2.24, 2.45) is 0 Å². The van der Waals surface area contributed by atoms with Crippen molar-refractivity contribution in [3.63, 3.8) is 0 Å². The van der Waals surface area contributed by atoms with Gasteiger partial charge in [0.1, 0.15) is 24.0 Å². The van der Waals surface area contributed by atoms with E-state index >= 15 is 4.39 Å². The number of methoxy groups -OCH3 is 1. The van der Waals surface area contributed by atoms with Crippen molar-refractivity contribution in [3.8, 4) is 11.8 Å². The Morgan fingerprint density at radius 1 is 0.978 bits per heavy atom. The third-order valence-corrected chi connectivity index (χ3v) is 10.4. The van der Waals surface area contributed by atoms with E-state index in [0.29, 0.717) is 50.0 Å². The van der Waals surface area contributed by atoms with Gasteiger partial charge in [-0.3, -0.25) is 4.90 Å². The van der Waals surface area contributed by atoms with Gasteiger partial charge in [0.05, 0.1) is 23.4 Å². The van der Waals surface area contributed by atoms with E-state index in [-0.39, 0.29) is 18.1 Å². The number of aryl methyl sites for hydroxylation is 1. The SMILES string of the molecule is CCc1c(F)ccc2cc(OCOC)cc(N3CCc4c(nc(OCC56CCCN5CCC6)nc4N4CCC[C@@](C)(O)C4)C3)c12. The lowest BCUT2D eigenvalue weighted by molar-refractivity contribution is 0.0445. The average Bonchev–Trinajstić information content (AvgIpc) is 3.62. The zero-order chi connectivity index (χ0) is 31.2. The van der Waals surface area contributed by atoms with Crippen molar-refractivity contribution in [1.82, 2.24) is 14.9 Å². The van der Waals surface area contributed by atoms with E-state index in [1.54, 1.807) is 13.2 Å². The molecular formula is C35H46FN5O4. The van der Waals surface area contributed by atoms with Crippen LogP contribution in [0.5, 0.6) is 11.8 Å². The maximum Gasteiger partial charge on any atom is 0.318 e. The quantitative estimate of drug-likeness (QED) is 0.324. The topological polar surface area (TPSA) is 83.4 Å². The predicted octanol–water partition coefficient (Wildman–Crippen LogP) is 5.24. The van der Waals surface area contributed by atoms with E-state index < -0.39 is 5.60 Å². The first kappa shape index (κ1) is 30.4. The van der Waals surface area contributed by atoms with Crippen molar-refractivity contribution >= 4 is 22.3 Å². The van der Waals surface area contributed by atoms with Gasteiger partial charge in [0.15, 0.2) is 6.79 Å². The van der Waals surface area contributed by atoms with Crippen LogP contribution in [-0.4, -0.2) is 84.3 Å². The van der Waals surface area contributed by atoms with Crippen molar-refractivity contribution in [2.45, 2.75) is 82.9 Å². The summed E-state index contributed by atoms with van der Waals surface area (Å²) in [5.74, 6) is 1.36. The molecule has 9 nitrogen and oxygen atoms in total. The number of nitrogens with zero attached hydrogens (tertiary/aromatic N) is 5. The number of halogens is 1. The van der Waals surface area contributed by atoms with Gasteiger partial charge in [-0.15, -0.1) is 0 Å². The van der Waals surface area contributed by atoms with E-state index in [1.807, 2.05) is 32.0 Å². The average molecular weight is 620 g/mol. The van der Waals surface area contributed by atoms with Crippen molar-refractivity contribution in [2.75, 3.05) is 63.0 Å². The molecule has 3 aromatic rings. The maximum absolute atomic E-state index is 15.2. The molecule has 0 unspecified atom stereocenters. The summed E-state index contributed by atoms with van der Waals surface area (Å²) in [5.41, 5.74) is 2.97. The van der Waals surface area contributed by atoms with Gasteiger partial charge in [-0.05, 0) is 94.5 Å². The predicted molar refractivity (Wildman–Crippen MR) is 173 cm³/mol. The molecule has 0 amide bonds. The Bertz CT molecular complexity index is 1560. The molecule has 5 heterocycles. The summed E-state index contributed by atoms with van der Waals surface area (Å²) in [4.78, 5) is 17.2. The van der Waals surface area contributed by atoms with Gasteiger partial charge in [-0.25, -0.2) is 4.39 Å². The number of rotatable bonds is 9. The highest BCUT2D eigenvalue weighted by Gasteiger charge is 2.45. The van der Waals surface area contributed by atoms with Crippen molar-refractivity contribution in [1.29, 1.82) is 0 Å². The third-order valence-electron chi connectivity index (χ3n) is 10.4. The first-order chi connectivity index (χ1) is 21.8. The van der Waals surface area contributed by atoms with E-state index in [2.05, 4.69) is 14.7 Å². The summed E-state index contributed by atoms with van der Waals surface area (Å²) >= 11 is 0. The molecule has 0 saturated carbocycles. The Labute approximate surface area is 265 Å². The Morgan fingerprint density at radius 2 is 1.78 bits per heavy atom. The van der Waals surface area contributed by atoms with Crippen LogP contribution in [0.15, 0.2) is 24.3 Å². The molecule has 1 N–H and O–H groups in total. The highest BCUT2D eigenvalue weighted by atomic mass is 19.1. The van der Waals surface area contributed by atoms with Crippen LogP contribution < -0.4 is 19.3 Å². The number of fused-ring (bicyclic) bond motifs is 3. The van der Waals surface area contributed by atoms with Crippen LogP contribution in [0.1, 0.15) is 69.2 Å². The normalized spacial score (nSPS) is 23.0. The van der Waals surface area contributed by atoms with Crippen LogP contribution in [0.25, 0.3) is 10.8 Å². The summed E-state index contributed by atoms with van der Waals surface area (Å²) in [7, 11) is 1.60. The third kappa shape index (κ3) is 5.81. The van der Waals surface area contributed by atoms with Crippen molar-refractivity contribution in [3.05, 3.63) is 46.9 Å². The molecule has 4 aliphatic rings. The molecular weight excluding hydrogens is 573 g/mol. The minimum Gasteiger partial charge on any atom is -0.467 e. The van der Waals surface area contributed by atoms with Gasteiger partial charge >= 0.3 is 6.01 Å². The number of hydrogen-bond acceptors (Lipinski definition) is 9. The van der Waals surface area contributed by atoms with E-state index in [9.17, 15) is 5.11 Å². The number of aliphatic hydroxyl groups is 1. The van der Waals surface area contributed by atoms with E-state index in [4.69, 9.17) is 24.2 Å². The Kier molecular flexibility index (Phi) is 8.25. The maximum atomic E-state index is 15.2. The fraction of sp³-hybridized carbons (Fsp3) is 0.600. The second-order valence-electron chi connectivity index (χ2n) is 13.6. The Hall–Kier alpha value is -3.21. The fourth-order valence-electron chi connectivity index (χ4n) is 8.25. The van der Waals surface area contributed by atoms with Gasteiger partial charge in [-0.2, -0.15) is 9.97 Å². The molecule has 0 spiro atoms. The van der Waals surface area contributed by atoms with E-state index in [1.165, 1.54) is 12.8 Å². The number of anilines is 2. The minimum atomic E-state index is -0.771. The molecule has 7 rings (SSSR count). The van der Waals surface area contributed by atoms with Gasteiger partial charge in [0.2, 0.25) is 0 Å². The van der Waals surface area contributed by atoms with Gasteiger partial charge in [0, 0.05) is 49.4 Å². The number of aromatic nitrogens is 2. The lowest BCUT2D eigenvalue weighted by atomic mass is 9.94. The van der Waals surface area contributed by atoms with Crippen LogP contribution >= 0.6 is 0 Å². The summed E-state index contributed by atoms with van der Waals surface area (Å²) in [6.07, 6.45) is 7.70. The Morgan fingerprint density at radius 3 is 2.53 bits per heavy atom. The lowest BCUT2D eigenvalue weighted by Crippen LogP contribution is -2.47. The van der Waals surface area contributed by atoms with E-state index in [0.717, 1.165) is 85.3 Å². The molecule has 1 atom stereocenters. The fourth-order valence-corrected chi connectivity index (χ4v) is 8.25.